The van der Waals surface area contributed by atoms with Crippen LogP contribution in [-0.4, -0.2) is 46.2 Å². The predicted octanol–water partition coefficient (Wildman–Crippen LogP) is 0.400. The molecule has 0 radical (unpaired) electrons. The molecule has 0 rings (SSSR count). The normalized spacial score (nSPS) is 12.2. The molecule has 1 atom stereocenters. The molecule has 0 saturated carbocycles. The molecule has 0 bridgehead atoms. The molecule has 0 heterocycles. The number of thiol groups is 2. The lowest BCUT2D eigenvalue weighted by Gasteiger charge is -2.08. The highest BCUT2D eigenvalue weighted by Crippen LogP contribution is 2.09. The number of carbonyl (C=O) groups excluding carboxylic acids is 2. The van der Waals surface area contributed by atoms with Crippen LogP contribution in [0.4, 0.5) is 0 Å². The Balaban J connectivity index is 3.75. The zero-order valence-electron chi connectivity index (χ0n) is 8.09. The number of aliphatic hydroxyl groups is 1. The van der Waals surface area contributed by atoms with Crippen molar-refractivity contribution in [2.24, 2.45) is 0 Å². The van der Waals surface area contributed by atoms with Crippen molar-refractivity contribution in [3.05, 3.63) is 0 Å². The monoisotopic (exact) mass is 270 g/mol. The van der Waals surface area contributed by atoms with Gasteiger partial charge in [0, 0.05) is 11.5 Å². The lowest BCUT2D eigenvalue weighted by molar-refractivity contribution is -0.154. The van der Waals surface area contributed by atoms with E-state index in [-0.39, 0.29) is 18.1 Å². The van der Waals surface area contributed by atoms with Crippen LogP contribution in [0.2, 0.25) is 0 Å². The lowest BCUT2D eigenvalue weighted by Crippen LogP contribution is -2.26. The van der Waals surface area contributed by atoms with E-state index in [0.29, 0.717) is 17.3 Å². The number of thioether (sulfide) groups is 1. The Morgan fingerprint density at radius 1 is 1.33 bits per heavy atom. The van der Waals surface area contributed by atoms with E-state index >= 15 is 0 Å². The van der Waals surface area contributed by atoms with E-state index in [4.69, 9.17) is 0 Å². The molecule has 7 heteroatoms. The second kappa shape index (κ2) is 9.38. The summed E-state index contributed by atoms with van der Waals surface area (Å²) in [7, 11) is 0. The van der Waals surface area contributed by atoms with Crippen LogP contribution in [0.3, 0.4) is 0 Å². The van der Waals surface area contributed by atoms with Gasteiger partial charge in [0.25, 0.3) is 0 Å². The average molecular weight is 270 g/mol. The fourth-order valence-electron chi connectivity index (χ4n) is 0.702. The first-order valence-electron chi connectivity index (χ1n) is 4.33. The van der Waals surface area contributed by atoms with Gasteiger partial charge >= 0.3 is 5.97 Å². The van der Waals surface area contributed by atoms with Gasteiger partial charge in [0.15, 0.2) is 11.2 Å². The third-order valence-corrected chi connectivity index (χ3v) is 2.93. The van der Waals surface area contributed by atoms with Crippen molar-refractivity contribution in [1.29, 1.82) is 0 Å². The van der Waals surface area contributed by atoms with Gasteiger partial charge in [-0.3, -0.25) is 4.79 Å². The minimum atomic E-state index is -1.37. The molecule has 1 N–H and O–H groups in total. The molecular formula is C8H14O4S3. The van der Waals surface area contributed by atoms with Crippen molar-refractivity contribution < 1.29 is 19.4 Å². The standard InChI is InChI=1S/C8H14O4S3/c9-6(8(11)12-1-2-13)5-7(10)15-4-3-14/h6,9,13-14H,1-5H2. The minimum Gasteiger partial charge on any atom is -0.463 e. The van der Waals surface area contributed by atoms with Crippen molar-refractivity contribution in [2.45, 2.75) is 12.5 Å². The van der Waals surface area contributed by atoms with E-state index in [0.717, 1.165) is 11.8 Å². The van der Waals surface area contributed by atoms with Gasteiger partial charge in [0.05, 0.1) is 6.42 Å². The van der Waals surface area contributed by atoms with Gasteiger partial charge in [-0.2, -0.15) is 25.3 Å². The molecule has 88 valence electrons. The van der Waals surface area contributed by atoms with Crippen LogP contribution >= 0.6 is 37.0 Å². The largest absolute Gasteiger partial charge is 0.463 e. The number of rotatable bonds is 7. The molecule has 0 aliphatic heterocycles. The zero-order chi connectivity index (χ0) is 11.7. The van der Waals surface area contributed by atoms with Gasteiger partial charge in [0.2, 0.25) is 0 Å². The van der Waals surface area contributed by atoms with Gasteiger partial charge in [-0.05, 0) is 5.75 Å². The van der Waals surface area contributed by atoms with Gasteiger partial charge in [-0.1, -0.05) is 11.8 Å². The molecule has 1 unspecified atom stereocenters. The minimum absolute atomic E-state index is 0.136. The van der Waals surface area contributed by atoms with Crippen LogP contribution in [0.15, 0.2) is 0 Å². The summed E-state index contributed by atoms with van der Waals surface area (Å²) >= 11 is 8.83. The summed E-state index contributed by atoms with van der Waals surface area (Å²) in [5.41, 5.74) is 0. The summed E-state index contributed by atoms with van der Waals surface area (Å²) in [6.45, 7) is 0.136. The molecule has 0 aromatic carbocycles. The first-order valence-corrected chi connectivity index (χ1v) is 6.59. The fraction of sp³-hybridized carbons (Fsp3) is 0.750. The van der Waals surface area contributed by atoms with E-state index in [9.17, 15) is 14.7 Å². The maximum atomic E-state index is 11.1. The van der Waals surface area contributed by atoms with E-state index in [2.05, 4.69) is 30.0 Å². The molecular weight excluding hydrogens is 256 g/mol. The van der Waals surface area contributed by atoms with E-state index in [1.54, 1.807) is 0 Å². The first kappa shape index (κ1) is 15.2. The highest BCUT2D eigenvalue weighted by atomic mass is 32.2. The fourth-order valence-corrected chi connectivity index (χ4v) is 1.66. The molecule has 0 saturated heterocycles. The number of hydrogen-bond donors (Lipinski definition) is 3. The number of hydrogen-bond acceptors (Lipinski definition) is 7. The van der Waals surface area contributed by atoms with Crippen LogP contribution in [0.5, 0.6) is 0 Å². The third-order valence-electron chi connectivity index (χ3n) is 1.32. The number of esters is 1. The Kier molecular flexibility index (Phi) is 9.48. The van der Waals surface area contributed by atoms with Crippen LogP contribution < -0.4 is 0 Å². The summed E-state index contributed by atoms with van der Waals surface area (Å²) in [5.74, 6) is 0.765. The quantitative estimate of drug-likeness (QED) is 0.462. The molecule has 0 amide bonds. The molecule has 0 spiro atoms. The molecule has 0 aliphatic carbocycles. The summed E-state index contributed by atoms with van der Waals surface area (Å²) in [4.78, 5) is 22.2. The summed E-state index contributed by atoms with van der Waals surface area (Å²) < 4.78 is 4.62. The van der Waals surface area contributed by atoms with Crippen LogP contribution in [-0.2, 0) is 14.3 Å². The summed E-state index contributed by atoms with van der Waals surface area (Å²) in [5, 5.41) is 9.02. The number of ether oxygens (including phenoxy) is 1. The van der Waals surface area contributed by atoms with Crippen molar-refractivity contribution in [3.63, 3.8) is 0 Å². The summed E-state index contributed by atoms with van der Waals surface area (Å²) in [6.07, 6.45) is -1.59. The smallest absolute Gasteiger partial charge is 0.335 e. The van der Waals surface area contributed by atoms with Gasteiger partial charge in [0.1, 0.15) is 6.61 Å². The summed E-state index contributed by atoms with van der Waals surface area (Å²) in [6, 6.07) is 0. The van der Waals surface area contributed by atoms with Crippen LogP contribution in [0.25, 0.3) is 0 Å². The first-order chi connectivity index (χ1) is 7.11. The maximum absolute atomic E-state index is 11.1. The Labute approximate surface area is 104 Å². The van der Waals surface area contributed by atoms with Crippen molar-refractivity contribution in [3.8, 4) is 0 Å². The second-order valence-electron chi connectivity index (χ2n) is 2.56. The molecule has 0 aromatic rings. The average Bonchev–Trinajstić information content (AvgIpc) is 2.22. The van der Waals surface area contributed by atoms with Crippen LogP contribution in [0.1, 0.15) is 6.42 Å². The molecule has 0 fully saturated rings. The van der Waals surface area contributed by atoms with E-state index in [1.807, 2.05) is 0 Å². The second-order valence-corrected chi connectivity index (χ2v) is 4.60. The molecule has 0 aliphatic rings. The van der Waals surface area contributed by atoms with Crippen molar-refractivity contribution in [1.82, 2.24) is 0 Å². The maximum Gasteiger partial charge on any atom is 0.335 e. The molecule has 0 aromatic heterocycles. The number of aliphatic hydroxyl groups excluding tert-OH is 1. The number of carbonyl (C=O) groups is 2. The van der Waals surface area contributed by atoms with Gasteiger partial charge in [-0.25, -0.2) is 4.79 Å². The van der Waals surface area contributed by atoms with Gasteiger partial charge < -0.3 is 9.84 Å². The Bertz CT molecular complexity index is 210. The molecule has 15 heavy (non-hydrogen) atoms. The predicted molar refractivity (Wildman–Crippen MR) is 66.8 cm³/mol. The highest BCUT2D eigenvalue weighted by Gasteiger charge is 2.20. The van der Waals surface area contributed by atoms with E-state index in [1.165, 1.54) is 0 Å². The third kappa shape index (κ3) is 8.01. The van der Waals surface area contributed by atoms with Crippen molar-refractivity contribution >= 4 is 48.1 Å². The van der Waals surface area contributed by atoms with Crippen molar-refractivity contribution in [2.75, 3.05) is 23.9 Å². The van der Waals surface area contributed by atoms with Gasteiger partial charge in [-0.15, -0.1) is 0 Å². The highest BCUT2D eigenvalue weighted by molar-refractivity contribution is 8.13. The topological polar surface area (TPSA) is 63.6 Å². The SMILES string of the molecule is O=C(CC(O)C(=O)OCCS)SCCS. The lowest BCUT2D eigenvalue weighted by atomic mass is 10.3. The Hall–Kier alpha value is 0.150. The molecule has 4 nitrogen and oxygen atoms in total. The van der Waals surface area contributed by atoms with Crippen LogP contribution in [0, 0.1) is 0 Å². The van der Waals surface area contributed by atoms with E-state index < -0.39 is 12.1 Å². The Morgan fingerprint density at radius 2 is 2.00 bits per heavy atom. The zero-order valence-corrected chi connectivity index (χ0v) is 10.7. The Morgan fingerprint density at radius 3 is 2.53 bits per heavy atom.